The van der Waals surface area contributed by atoms with E-state index in [1.807, 2.05) is 0 Å². The molecule has 2 N–H and O–H groups in total. The summed E-state index contributed by atoms with van der Waals surface area (Å²) < 4.78 is 32.1. The van der Waals surface area contributed by atoms with E-state index in [1.165, 1.54) is 26.2 Å². The lowest BCUT2D eigenvalue weighted by atomic mass is 9.93. The highest BCUT2D eigenvalue weighted by Gasteiger charge is 2.29. The van der Waals surface area contributed by atoms with E-state index in [1.54, 1.807) is 0 Å². The van der Waals surface area contributed by atoms with Gasteiger partial charge in [-0.05, 0) is 35.0 Å². The second kappa shape index (κ2) is 4.55. The lowest BCUT2D eigenvalue weighted by molar-refractivity contribution is 0.136. The van der Waals surface area contributed by atoms with Gasteiger partial charge in [-0.1, -0.05) is 0 Å². The molecule has 15 heavy (non-hydrogen) atoms. The summed E-state index contributed by atoms with van der Waals surface area (Å²) in [7, 11) is 1.43. The van der Waals surface area contributed by atoms with E-state index in [-0.39, 0.29) is 16.6 Å². The third-order valence-electron chi connectivity index (χ3n) is 2.06. The van der Waals surface area contributed by atoms with Crippen molar-refractivity contribution in [2.75, 3.05) is 13.7 Å². The molecule has 0 radical (unpaired) electrons. The molecule has 0 spiro atoms. The molecule has 0 aliphatic rings. The molecule has 0 aliphatic carbocycles. The molecule has 0 saturated carbocycles. The highest BCUT2D eigenvalue weighted by molar-refractivity contribution is 9.10. The normalized spacial score (nSPS) is 15.1. The fraction of sp³-hybridized carbons (Fsp3) is 0.400. The van der Waals surface area contributed by atoms with Gasteiger partial charge in [0.05, 0.1) is 16.6 Å². The predicted octanol–water partition coefficient (Wildman–Crippen LogP) is 2.55. The standard InChI is InChI=1S/C10H12BrF2NO/c1-10(14,5-15-2)8-7(12)4-3-6(11)9(8)13/h3-4H,5,14H2,1-2H3. The molecule has 1 atom stereocenters. The molecule has 0 heterocycles. The van der Waals surface area contributed by atoms with Gasteiger partial charge < -0.3 is 10.5 Å². The maximum Gasteiger partial charge on any atom is 0.145 e. The van der Waals surface area contributed by atoms with Crippen LogP contribution in [0.5, 0.6) is 0 Å². The topological polar surface area (TPSA) is 35.2 Å². The Morgan fingerprint density at radius 2 is 2.07 bits per heavy atom. The van der Waals surface area contributed by atoms with Gasteiger partial charge >= 0.3 is 0 Å². The lowest BCUT2D eigenvalue weighted by Gasteiger charge is -2.25. The Bertz CT molecular complexity index is 369. The van der Waals surface area contributed by atoms with Crippen molar-refractivity contribution in [2.45, 2.75) is 12.5 Å². The van der Waals surface area contributed by atoms with E-state index in [0.29, 0.717) is 0 Å². The van der Waals surface area contributed by atoms with Crippen LogP contribution in [0.15, 0.2) is 16.6 Å². The van der Waals surface area contributed by atoms with E-state index >= 15 is 0 Å². The first-order valence-corrected chi connectivity index (χ1v) is 5.11. The summed E-state index contributed by atoms with van der Waals surface area (Å²) in [5.41, 5.74) is 4.44. The summed E-state index contributed by atoms with van der Waals surface area (Å²) in [4.78, 5) is 0. The van der Waals surface area contributed by atoms with Crippen LogP contribution >= 0.6 is 15.9 Å². The number of halogens is 3. The molecule has 0 amide bonds. The minimum absolute atomic E-state index is 0.0390. The van der Waals surface area contributed by atoms with E-state index in [0.717, 1.165) is 0 Å². The zero-order valence-corrected chi connectivity index (χ0v) is 10.1. The SMILES string of the molecule is COCC(C)(N)c1c(F)ccc(Br)c1F. The summed E-state index contributed by atoms with van der Waals surface area (Å²) in [5.74, 6) is -1.35. The zero-order valence-electron chi connectivity index (χ0n) is 8.48. The van der Waals surface area contributed by atoms with Crippen LogP contribution in [0.4, 0.5) is 8.78 Å². The molecule has 1 rings (SSSR count). The quantitative estimate of drug-likeness (QED) is 0.864. The van der Waals surface area contributed by atoms with Crippen molar-refractivity contribution in [1.29, 1.82) is 0 Å². The molecule has 0 fully saturated rings. The maximum atomic E-state index is 13.7. The zero-order chi connectivity index (χ0) is 11.6. The van der Waals surface area contributed by atoms with Gasteiger partial charge in [-0.3, -0.25) is 0 Å². The van der Waals surface area contributed by atoms with Gasteiger partial charge in [0.2, 0.25) is 0 Å². The number of benzene rings is 1. The van der Waals surface area contributed by atoms with E-state index in [2.05, 4.69) is 15.9 Å². The summed E-state index contributed by atoms with van der Waals surface area (Å²) in [6, 6.07) is 2.47. The van der Waals surface area contributed by atoms with E-state index in [9.17, 15) is 8.78 Å². The van der Waals surface area contributed by atoms with Crippen LogP contribution in [0.25, 0.3) is 0 Å². The Hall–Kier alpha value is -0.520. The second-order valence-electron chi connectivity index (χ2n) is 3.57. The van der Waals surface area contributed by atoms with Crippen LogP contribution in [-0.4, -0.2) is 13.7 Å². The van der Waals surface area contributed by atoms with Crippen molar-refractivity contribution in [2.24, 2.45) is 5.73 Å². The molecule has 1 unspecified atom stereocenters. The molecule has 84 valence electrons. The first-order chi connectivity index (χ1) is 6.90. The molecule has 0 aliphatic heterocycles. The molecule has 1 aromatic rings. The summed E-state index contributed by atoms with van der Waals surface area (Å²) in [6.07, 6.45) is 0. The van der Waals surface area contributed by atoms with E-state index in [4.69, 9.17) is 10.5 Å². The maximum absolute atomic E-state index is 13.7. The number of methoxy groups -OCH3 is 1. The smallest absolute Gasteiger partial charge is 0.145 e. The van der Waals surface area contributed by atoms with Crippen LogP contribution in [0.1, 0.15) is 12.5 Å². The van der Waals surface area contributed by atoms with Crippen LogP contribution in [0.2, 0.25) is 0 Å². The second-order valence-corrected chi connectivity index (χ2v) is 4.42. The highest BCUT2D eigenvalue weighted by Crippen LogP contribution is 2.29. The summed E-state index contributed by atoms with van der Waals surface area (Å²) in [6.45, 7) is 1.56. The Labute approximate surface area is 95.5 Å². The number of rotatable bonds is 3. The van der Waals surface area contributed by atoms with Crippen molar-refractivity contribution in [3.8, 4) is 0 Å². The molecular formula is C10H12BrF2NO. The van der Waals surface area contributed by atoms with Crippen LogP contribution in [0, 0.1) is 11.6 Å². The number of hydrogen-bond donors (Lipinski definition) is 1. The molecule has 0 saturated heterocycles. The van der Waals surface area contributed by atoms with Gasteiger partial charge in [0.25, 0.3) is 0 Å². The highest BCUT2D eigenvalue weighted by atomic mass is 79.9. The van der Waals surface area contributed by atoms with Crippen molar-refractivity contribution in [3.63, 3.8) is 0 Å². The van der Waals surface area contributed by atoms with Gasteiger partial charge in [0.15, 0.2) is 0 Å². The molecule has 0 aromatic heterocycles. The predicted molar refractivity (Wildman–Crippen MR) is 57.5 cm³/mol. The first kappa shape index (κ1) is 12.5. The van der Waals surface area contributed by atoms with Crippen molar-refractivity contribution < 1.29 is 13.5 Å². The lowest BCUT2D eigenvalue weighted by Crippen LogP contribution is -2.39. The average molecular weight is 280 g/mol. The molecule has 1 aromatic carbocycles. The number of hydrogen-bond acceptors (Lipinski definition) is 2. The number of nitrogens with two attached hydrogens (primary N) is 1. The Balaban J connectivity index is 3.29. The van der Waals surface area contributed by atoms with Gasteiger partial charge in [-0.15, -0.1) is 0 Å². The first-order valence-electron chi connectivity index (χ1n) is 4.32. The molecule has 2 nitrogen and oxygen atoms in total. The summed E-state index contributed by atoms with van der Waals surface area (Å²) in [5, 5.41) is 0. The summed E-state index contributed by atoms with van der Waals surface area (Å²) >= 11 is 2.99. The van der Waals surface area contributed by atoms with E-state index < -0.39 is 17.2 Å². The molecule has 0 bridgehead atoms. The monoisotopic (exact) mass is 279 g/mol. The minimum Gasteiger partial charge on any atom is -0.382 e. The Morgan fingerprint density at radius 3 is 2.60 bits per heavy atom. The van der Waals surface area contributed by atoms with Crippen molar-refractivity contribution >= 4 is 15.9 Å². The Kier molecular flexibility index (Phi) is 3.81. The number of ether oxygens (including phenoxy) is 1. The van der Waals surface area contributed by atoms with Crippen molar-refractivity contribution in [3.05, 3.63) is 33.8 Å². The van der Waals surface area contributed by atoms with Crippen LogP contribution in [-0.2, 0) is 10.3 Å². The largest absolute Gasteiger partial charge is 0.382 e. The Morgan fingerprint density at radius 1 is 1.47 bits per heavy atom. The van der Waals surface area contributed by atoms with Gasteiger partial charge in [-0.2, -0.15) is 0 Å². The average Bonchev–Trinajstić information content (AvgIpc) is 2.11. The third kappa shape index (κ3) is 2.53. The minimum atomic E-state index is -1.19. The van der Waals surface area contributed by atoms with Gasteiger partial charge in [-0.25, -0.2) is 8.78 Å². The molecule has 5 heteroatoms. The fourth-order valence-electron chi connectivity index (χ4n) is 1.42. The fourth-order valence-corrected chi connectivity index (χ4v) is 1.75. The van der Waals surface area contributed by atoms with Crippen LogP contribution < -0.4 is 5.73 Å². The van der Waals surface area contributed by atoms with Gasteiger partial charge in [0.1, 0.15) is 11.6 Å². The van der Waals surface area contributed by atoms with Crippen molar-refractivity contribution in [1.82, 2.24) is 0 Å². The molecular weight excluding hydrogens is 268 g/mol. The van der Waals surface area contributed by atoms with Crippen LogP contribution in [0.3, 0.4) is 0 Å². The van der Waals surface area contributed by atoms with Gasteiger partial charge in [0, 0.05) is 12.7 Å². The third-order valence-corrected chi connectivity index (χ3v) is 2.67.